The molecule has 1 N–H and O–H groups in total. The molecule has 6 atom stereocenters. The van der Waals surface area contributed by atoms with Crippen LogP contribution >= 0.6 is 0 Å². The largest absolute Gasteiger partial charge is 0.462 e. The lowest BCUT2D eigenvalue weighted by molar-refractivity contribution is -0.244. The Balaban J connectivity index is 2.12. The molecule has 0 spiro atoms. The van der Waals surface area contributed by atoms with Gasteiger partial charge in [-0.1, -0.05) is 38.8 Å². The van der Waals surface area contributed by atoms with Crippen molar-refractivity contribution in [1.29, 1.82) is 0 Å². The normalized spacial score (nSPS) is 34.2. The maximum Gasteiger partial charge on any atom is 0.397 e. The van der Waals surface area contributed by atoms with Crippen LogP contribution in [0.2, 0.25) is 0 Å². The minimum Gasteiger partial charge on any atom is -0.462 e. The van der Waals surface area contributed by atoms with Crippen LogP contribution < -0.4 is 0 Å². The Bertz CT molecular complexity index is 488. The average Bonchev–Trinajstić information content (AvgIpc) is 2.96. The highest BCUT2D eigenvalue weighted by molar-refractivity contribution is 5.72. The SMILES string of the molecule is CCCCC(C)(C(O)C=CC1C(C)CC2OC(=O)CC21)C(F)(F)F. The molecule has 3 nitrogen and oxygen atoms in total. The minimum absolute atomic E-state index is 0.0173. The molecule has 1 heterocycles. The fourth-order valence-electron chi connectivity index (χ4n) is 3.96. The van der Waals surface area contributed by atoms with Crippen molar-refractivity contribution in [2.24, 2.45) is 23.2 Å². The Hall–Kier alpha value is -1.04. The van der Waals surface area contributed by atoms with E-state index in [0.717, 1.165) is 13.3 Å². The van der Waals surface area contributed by atoms with Gasteiger partial charge in [-0.05, 0) is 31.6 Å². The maximum absolute atomic E-state index is 13.5. The van der Waals surface area contributed by atoms with E-state index in [9.17, 15) is 23.1 Å². The molecular weight excluding hydrogens is 321 g/mol. The molecule has 2 rings (SSSR count). The molecule has 2 fully saturated rings. The van der Waals surface area contributed by atoms with Gasteiger partial charge in [-0.25, -0.2) is 0 Å². The topological polar surface area (TPSA) is 46.5 Å². The zero-order valence-corrected chi connectivity index (χ0v) is 14.5. The third-order valence-electron chi connectivity index (χ3n) is 5.78. The molecule has 0 bridgehead atoms. The number of carbonyl (C=O) groups is 1. The van der Waals surface area contributed by atoms with E-state index in [4.69, 9.17) is 4.74 Å². The fourth-order valence-corrected chi connectivity index (χ4v) is 3.96. The van der Waals surface area contributed by atoms with Crippen molar-refractivity contribution >= 4 is 5.97 Å². The van der Waals surface area contributed by atoms with Gasteiger partial charge in [0.2, 0.25) is 0 Å². The standard InChI is InChI=1S/C18H27F3O3/c1-4-5-8-17(3,18(19,20)21)15(22)7-6-12-11(2)9-14-13(12)10-16(23)24-14/h6-7,11-15,22H,4-5,8-10H2,1-3H3. The smallest absolute Gasteiger partial charge is 0.397 e. The van der Waals surface area contributed by atoms with Crippen molar-refractivity contribution in [1.82, 2.24) is 0 Å². The summed E-state index contributed by atoms with van der Waals surface area (Å²) in [6.07, 6.45) is -1.23. The summed E-state index contributed by atoms with van der Waals surface area (Å²) in [6.45, 7) is 4.92. The van der Waals surface area contributed by atoms with Gasteiger partial charge in [0.05, 0.1) is 17.9 Å². The first kappa shape index (κ1) is 19.3. The Morgan fingerprint density at radius 1 is 1.42 bits per heavy atom. The molecule has 138 valence electrons. The molecule has 0 radical (unpaired) electrons. The van der Waals surface area contributed by atoms with E-state index >= 15 is 0 Å². The van der Waals surface area contributed by atoms with E-state index in [0.29, 0.717) is 19.3 Å². The van der Waals surface area contributed by atoms with Crippen molar-refractivity contribution < 1.29 is 27.8 Å². The minimum atomic E-state index is -4.47. The number of esters is 1. The van der Waals surface area contributed by atoms with E-state index in [-0.39, 0.29) is 36.2 Å². The lowest BCUT2D eigenvalue weighted by Crippen LogP contribution is -2.44. The summed E-state index contributed by atoms with van der Waals surface area (Å²) < 4.78 is 45.6. The lowest BCUT2D eigenvalue weighted by atomic mass is 9.77. The Morgan fingerprint density at radius 3 is 2.67 bits per heavy atom. The summed E-state index contributed by atoms with van der Waals surface area (Å²) in [5.74, 6) is -0.0215. The molecular formula is C18H27F3O3. The quantitative estimate of drug-likeness (QED) is 0.577. The highest BCUT2D eigenvalue weighted by Crippen LogP contribution is 2.47. The molecule has 0 amide bonds. The number of hydrogen-bond acceptors (Lipinski definition) is 3. The molecule has 0 aromatic heterocycles. The summed E-state index contributed by atoms with van der Waals surface area (Å²) in [7, 11) is 0. The number of rotatable bonds is 6. The highest BCUT2D eigenvalue weighted by Gasteiger charge is 2.54. The second-order valence-corrected chi connectivity index (χ2v) is 7.54. The van der Waals surface area contributed by atoms with Gasteiger partial charge in [-0.3, -0.25) is 4.79 Å². The van der Waals surface area contributed by atoms with Crippen LogP contribution in [-0.2, 0) is 9.53 Å². The van der Waals surface area contributed by atoms with E-state index in [1.807, 2.05) is 13.8 Å². The molecule has 6 unspecified atom stereocenters. The van der Waals surface area contributed by atoms with Crippen molar-refractivity contribution in [2.45, 2.75) is 71.3 Å². The van der Waals surface area contributed by atoms with Crippen molar-refractivity contribution in [3.8, 4) is 0 Å². The number of hydrogen-bond donors (Lipinski definition) is 1. The molecule has 24 heavy (non-hydrogen) atoms. The molecule has 0 aromatic rings. The molecule has 2 aliphatic rings. The second-order valence-electron chi connectivity index (χ2n) is 7.54. The summed E-state index contributed by atoms with van der Waals surface area (Å²) in [4.78, 5) is 11.4. The predicted molar refractivity (Wildman–Crippen MR) is 84.1 cm³/mol. The van der Waals surface area contributed by atoms with Crippen LogP contribution in [0.4, 0.5) is 13.2 Å². The number of alkyl halides is 3. The third-order valence-corrected chi connectivity index (χ3v) is 5.78. The number of halogens is 3. The van der Waals surface area contributed by atoms with E-state index in [1.54, 1.807) is 6.08 Å². The number of ether oxygens (including phenoxy) is 1. The number of fused-ring (bicyclic) bond motifs is 1. The summed E-state index contributed by atoms with van der Waals surface area (Å²) in [5, 5.41) is 10.3. The Labute approximate surface area is 141 Å². The van der Waals surface area contributed by atoms with Crippen LogP contribution in [0.3, 0.4) is 0 Å². The van der Waals surface area contributed by atoms with Gasteiger partial charge < -0.3 is 9.84 Å². The van der Waals surface area contributed by atoms with Gasteiger partial charge >= 0.3 is 12.1 Å². The van der Waals surface area contributed by atoms with Crippen molar-refractivity contribution in [2.75, 3.05) is 0 Å². The van der Waals surface area contributed by atoms with Crippen LogP contribution in [0.1, 0.15) is 52.9 Å². The molecule has 1 aliphatic heterocycles. The zero-order chi connectivity index (χ0) is 18.1. The van der Waals surface area contributed by atoms with Gasteiger partial charge in [0.15, 0.2) is 0 Å². The number of unbranched alkanes of at least 4 members (excludes halogenated alkanes) is 1. The number of aliphatic hydroxyl groups excluding tert-OH is 1. The first-order chi connectivity index (χ1) is 11.1. The van der Waals surface area contributed by atoms with Crippen LogP contribution in [0, 0.1) is 23.2 Å². The van der Waals surface area contributed by atoms with E-state index < -0.39 is 17.7 Å². The zero-order valence-electron chi connectivity index (χ0n) is 14.5. The van der Waals surface area contributed by atoms with Crippen LogP contribution in [0.25, 0.3) is 0 Å². The average molecular weight is 348 g/mol. The molecule has 1 aliphatic carbocycles. The maximum atomic E-state index is 13.5. The molecule has 0 aromatic carbocycles. The van der Waals surface area contributed by atoms with E-state index in [2.05, 4.69) is 0 Å². The fraction of sp³-hybridized carbons (Fsp3) is 0.833. The molecule has 6 heteroatoms. The first-order valence-corrected chi connectivity index (χ1v) is 8.72. The van der Waals surface area contributed by atoms with E-state index in [1.165, 1.54) is 6.08 Å². The number of allylic oxidation sites excluding steroid dienone is 1. The molecule has 1 saturated carbocycles. The monoisotopic (exact) mass is 348 g/mol. The van der Waals surface area contributed by atoms with Crippen molar-refractivity contribution in [3.05, 3.63) is 12.2 Å². The summed E-state index contributed by atoms with van der Waals surface area (Å²) in [5.41, 5.74) is -2.15. The van der Waals surface area contributed by atoms with Crippen LogP contribution in [0.15, 0.2) is 12.2 Å². The highest BCUT2D eigenvalue weighted by atomic mass is 19.4. The molecule has 1 saturated heterocycles. The Kier molecular flexibility index (Phi) is 5.68. The van der Waals surface area contributed by atoms with Gasteiger partial charge in [0.25, 0.3) is 0 Å². The Morgan fingerprint density at radius 2 is 2.08 bits per heavy atom. The van der Waals surface area contributed by atoms with Gasteiger partial charge in [-0.2, -0.15) is 13.2 Å². The second kappa shape index (κ2) is 7.06. The van der Waals surface area contributed by atoms with Gasteiger partial charge in [0, 0.05) is 5.92 Å². The first-order valence-electron chi connectivity index (χ1n) is 8.72. The van der Waals surface area contributed by atoms with Crippen molar-refractivity contribution in [3.63, 3.8) is 0 Å². The number of carbonyl (C=O) groups excluding carboxylic acids is 1. The third kappa shape index (κ3) is 3.63. The summed E-state index contributed by atoms with van der Waals surface area (Å²) in [6, 6.07) is 0. The van der Waals surface area contributed by atoms with Crippen LogP contribution in [-0.4, -0.2) is 29.5 Å². The van der Waals surface area contributed by atoms with Crippen LogP contribution in [0.5, 0.6) is 0 Å². The number of aliphatic hydroxyl groups is 1. The lowest BCUT2D eigenvalue weighted by Gasteiger charge is -2.35. The summed E-state index contributed by atoms with van der Waals surface area (Å²) >= 11 is 0. The predicted octanol–water partition coefficient (Wildman–Crippen LogP) is 4.25. The van der Waals surface area contributed by atoms with Gasteiger partial charge in [0.1, 0.15) is 6.10 Å². The van der Waals surface area contributed by atoms with Gasteiger partial charge in [-0.15, -0.1) is 0 Å².